The first-order valence-electron chi connectivity index (χ1n) is 5.70. The van der Waals surface area contributed by atoms with Crippen LogP contribution in [0.5, 0.6) is 0 Å². The topological polar surface area (TPSA) is 42.7 Å². The van der Waals surface area contributed by atoms with Gasteiger partial charge < -0.3 is 5.32 Å². The van der Waals surface area contributed by atoms with Crippen molar-refractivity contribution < 1.29 is 13.2 Å². The highest BCUT2D eigenvalue weighted by molar-refractivity contribution is 5.59. The molecule has 2 aromatic rings. The van der Waals surface area contributed by atoms with Crippen LogP contribution in [-0.4, -0.2) is 14.8 Å². The van der Waals surface area contributed by atoms with Gasteiger partial charge in [-0.3, -0.25) is 4.68 Å². The molecule has 0 aliphatic rings. The number of aromatic nitrogens is 3. The van der Waals surface area contributed by atoms with Crippen molar-refractivity contribution >= 4 is 11.5 Å². The van der Waals surface area contributed by atoms with E-state index in [9.17, 15) is 13.2 Å². The van der Waals surface area contributed by atoms with E-state index in [1.165, 1.54) is 0 Å². The van der Waals surface area contributed by atoms with Gasteiger partial charge in [-0.25, -0.2) is 8.78 Å². The Morgan fingerprint density at radius 2 is 1.89 bits per heavy atom. The van der Waals surface area contributed by atoms with Crippen molar-refractivity contribution in [1.82, 2.24) is 14.8 Å². The molecule has 1 N–H and O–H groups in total. The first-order valence-corrected chi connectivity index (χ1v) is 5.70. The molecule has 19 heavy (non-hydrogen) atoms. The molecule has 0 spiro atoms. The van der Waals surface area contributed by atoms with Crippen LogP contribution in [0.4, 0.5) is 24.7 Å². The second-order valence-corrected chi connectivity index (χ2v) is 4.47. The molecule has 0 aromatic carbocycles. The lowest BCUT2D eigenvalue weighted by molar-refractivity contribution is 0.467. The second-order valence-electron chi connectivity index (χ2n) is 4.47. The lowest BCUT2D eigenvalue weighted by atomic mass is 10.1. The number of nitrogens with one attached hydrogen (secondary N) is 1. The molecule has 0 atom stereocenters. The molecule has 2 rings (SSSR count). The van der Waals surface area contributed by atoms with Crippen LogP contribution in [0.1, 0.15) is 25.5 Å². The number of pyridine rings is 1. The van der Waals surface area contributed by atoms with Crippen molar-refractivity contribution in [2.45, 2.75) is 19.8 Å². The quantitative estimate of drug-likeness (QED) is 0.871. The normalized spacial score (nSPS) is 11.1. The first kappa shape index (κ1) is 13.4. The Morgan fingerprint density at radius 1 is 1.21 bits per heavy atom. The zero-order valence-corrected chi connectivity index (χ0v) is 10.7. The van der Waals surface area contributed by atoms with Crippen molar-refractivity contribution in [3.63, 3.8) is 0 Å². The maximum Gasteiger partial charge on any atom is 0.251 e. The fraction of sp³-hybridized carbons (Fsp3) is 0.333. The molecule has 0 unspecified atom stereocenters. The Kier molecular flexibility index (Phi) is 3.46. The van der Waals surface area contributed by atoms with Crippen LogP contribution < -0.4 is 5.32 Å². The number of aryl methyl sites for hydroxylation is 1. The molecule has 0 saturated heterocycles. The number of halogens is 3. The van der Waals surface area contributed by atoms with Gasteiger partial charge in [0.05, 0.1) is 11.4 Å². The summed E-state index contributed by atoms with van der Waals surface area (Å²) < 4.78 is 40.8. The van der Waals surface area contributed by atoms with Gasteiger partial charge in [0.15, 0.2) is 17.5 Å². The lowest BCUT2D eigenvalue weighted by Gasteiger charge is -2.08. The van der Waals surface area contributed by atoms with E-state index in [0.29, 0.717) is 17.4 Å². The Balaban J connectivity index is 2.39. The van der Waals surface area contributed by atoms with Crippen molar-refractivity contribution in [2.75, 3.05) is 5.32 Å². The summed E-state index contributed by atoms with van der Waals surface area (Å²) in [6.45, 7) is 3.84. The molecule has 0 amide bonds. The van der Waals surface area contributed by atoms with Crippen molar-refractivity contribution in [2.24, 2.45) is 7.05 Å². The van der Waals surface area contributed by atoms with Gasteiger partial charge in [-0.15, -0.1) is 0 Å². The third-order valence-corrected chi connectivity index (χ3v) is 2.54. The number of nitrogens with zero attached hydrogens (tertiary/aromatic N) is 3. The van der Waals surface area contributed by atoms with E-state index in [-0.39, 0.29) is 11.7 Å². The van der Waals surface area contributed by atoms with Crippen molar-refractivity contribution in [3.8, 4) is 0 Å². The summed E-state index contributed by atoms with van der Waals surface area (Å²) in [6.07, 6.45) is 1.62. The predicted molar refractivity (Wildman–Crippen MR) is 64.7 cm³/mol. The fourth-order valence-corrected chi connectivity index (χ4v) is 1.69. The smallest absolute Gasteiger partial charge is 0.251 e. The van der Waals surface area contributed by atoms with Gasteiger partial charge in [-0.2, -0.15) is 14.5 Å². The minimum Gasteiger partial charge on any atom is -0.335 e. The predicted octanol–water partition coefficient (Wildman–Crippen LogP) is 3.10. The van der Waals surface area contributed by atoms with E-state index in [0.717, 1.165) is 0 Å². The van der Waals surface area contributed by atoms with E-state index < -0.39 is 17.6 Å². The van der Waals surface area contributed by atoms with Gasteiger partial charge in [-0.05, 0) is 5.92 Å². The summed E-state index contributed by atoms with van der Waals surface area (Å²) in [4.78, 5) is 3.21. The van der Waals surface area contributed by atoms with E-state index >= 15 is 0 Å². The minimum atomic E-state index is -1.35. The second kappa shape index (κ2) is 4.91. The molecule has 0 fully saturated rings. The van der Waals surface area contributed by atoms with Gasteiger partial charge in [0, 0.05) is 19.3 Å². The molecule has 0 aliphatic carbocycles. The van der Waals surface area contributed by atoms with E-state index in [1.54, 1.807) is 17.9 Å². The zero-order valence-electron chi connectivity index (χ0n) is 10.7. The Labute approximate surface area is 108 Å². The zero-order chi connectivity index (χ0) is 14.2. The number of rotatable bonds is 3. The molecular weight excluding hydrogens is 257 g/mol. The maximum atomic E-state index is 13.5. The molecule has 102 valence electrons. The van der Waals surface area contributed by atoms with Crippen LogP contribution in [0, 0.1) is 17.6 Å². The molecule has 7 heteroatoms. The van der Waals surface area contributed by atoms with E-state index in [4.69, 9.17) is 0 Å². The van der Waals surface area contributed by atoms with E-state index in [1.807, 2.05) is 13.8 Å². The van der Waals surface area contributed by atoms with Gasteiger partial charge in [0.25, 0.3) is 5.95 Å². The highest BCUT2D eigenvalue weighted by Gasteiger charge is 2.16. The first-order chi connectivity index (χ1) is 8.88. The van der Waals surface area contributed by atoms with Gasteiger partial charge in [0.1, 0.15) is 0 Å². The van der Waals surface area contributed by atoms with E-state index in [2.05, 4.69) is 15.4 Å². The third kappa shape index (κ3) is 2.69. The SMILES string of the molecule is CC(C)c1nn(C)cc1Nc1nc(F)c(F)cc1F. The largest absolute Gasteiger partial charge is 0.335 e. The molecule has 2 aromatic heterocycles. The summed E-state index contributed by atoms with van der Waals surface area (Å²) in [5, 5.41) is 6.85. The van der Waals surface area contributed by atoms with Crippen LogP contribution >= 0.6 is 0 Å². The van der Waals surface area contributed by atoms with Crippen molar-refractivity contribution in [1.29, 1.82) is 0 Å². The fourth-order valence-electron chi connectivity index (χ4n) is 1.69. The Bertz CT molecular complexity index is 607. The molecule has 0 radical (unpaired) electrons. The van der Waals surface area contributed by atoms with Gasteiger partial charge in [0.2, 0.25) is 0 Å². The number of hydrogen-bond acceptors (Lipinski definition) is 3. The summed E-state index contributed by atoms with van der Waals surface area (Å²) in [5.41, 5.74) is 1.20. The maximum absolute atomic E-state index is 13.5. The van der Waals surface area contributed by atoms with Gasteiger partial charge >= 0.3 is 0 Å². The number of anilines is 2. The highest BCUT2D eigenvalue weighted by atomic mass is 19.2. The summed E-state index contributed by atoms with van der Waals surface area (Å²) >= 11 is 0. The van der Waals surface area contributed by atoms with Crippen LogP contribution in [0.25, 0.3) is 0 Å². The summed E-state index contributed by atoms with van der Waals surface area (Å²) in [7, 11) is 1.71. The minimum absolute atomic E-state index is 0.0945. The molecule has 0 bridgehead atoms. The monoisotopic (exact) mass is 270 g/mol. The average Bonchev–Trinajstić information content (AvgIpc) is 2.67. The molecule has 0 aliphatic heterocycles. The Morgan fingerprint density at radius 3 is 2.53 bits per heavy atom. The third-order valence-electron chi connectivity index (χ3n) is 2.54. The van der Waals surface area contributed by atoms with Crippen LogP contribution in [-0.2, 0) is 7.05 Å². The van der Waals surface area contributed by atoms with Crippen LogP contribution in [0.3, 0.4) is 0 Å². The number of hydrogen-bond donors (Lipinski definition) is 1. The highest BCUT2D eigenvalue weighted by Crippen LogP contribution is 2.26. The summed E-state index contributed by atoms with van der Waals surface area (Å²) in [6, 6.07) is 0.454. The van der Waals surface area contributed by atoms with Gasteiger partial charge in [-0.1, -0.05) is 13.8 Å². The average molecular weight is 270 g/mol. The van der Waals surface area contributed by atoms with Crippen molar-refractivity contribution in [3.05, 3.63) is 35.5 Å². The molecular formula is C12H13F3N4. The Hall–Kier alpha value is -2.05. The molecule has 0 saturated carbocycles. The summed E-state index contributed by atoms with van der Waals surface area (Å²) in [5.74, 6) is -3.90. The molecule has 2 heterocycles. The van der Waals surface area contributed by atoms with Crippen LogP contribution in [0.15, 0.2) is 12.3 Å². The molecule has 4 nitrogen and oxygen atoms in total. The van der Waals surface area contributed by atoms with Crippen LogP contribution in [0.2, 0.25) is 0 Å². The standard InChI is InChI=1S/C12H13F3N4/c1-6(2)10-9(5-19(3)18-10)16-12-8(14)4-7(13)11(15)17-12/h4-6H,1-3H3,(H,16,17). The lowest BCUT2D eigenvalue weighted by Crippen LogP contribution is -2.03.